The summed E-state index contributed by atoms with van der Waals surface area (Å²) >= 11 is 0. The third kappa shape index (κ3) is 6.11. The summed E-state index contributed by atoms with van der Waals surface area (Å²) in [6.07, 6.45) is 4.80. The number of sulfonamides is 1. The van der Waals surface area contributed by atoms with E-state index in [1.807, 2.05) is 30.3 Å². The maximum atomic E-state index is 13.3. The Morgan fingerprint density at radius 1 is 1.03 bits per heavy atom. The summed E-state index contributed by atoms with van der Waals surface area (Å²) in [6, 6.07) is 13.7. The first-order valence-corrected chi connectivity index (χ1v) is 12.8. The van der Waals surface area contributed by atoms with Crippen LogP contribution in [0.3, 0.4) is 0 Å². The Bertz CT molecular complexity index is 998. The zero-order valence-electron chi connectivity index (χ0n) is 19.2. The van der Waals surface area contributed by atoms with Crippen LogP contribution >= 0.6 is 0 Å². The zero-order valence-corrected chi connectivity index (χ0v) is 20.0. The van der Waals surface area contributed by atoms with Crippen LogP contribution in [-0.4, -0.2) is 39.4 Å². The number of benzene rings is 2. The average Bonchev–Trinajstić information content (AvgIpc) is 3.07. The van der Waals surface area contributed by atoms with Crippen molar-refractivity contribution in [2.75, 3.05) is 20.2 Å². The highest BCUT2D eigenvalue weighted by Gasteiger charge is 2.26. The fourth-order valence-corrected chi connectivity index (χ4v) is 5.39. The normalized spacial score (nSPS) is 15.9. The molecule has 1 fully saturated rings. The second-order valence-electron chi connectivity index (χ2n) is 8.78. The summed E-state index contributed by atoms with van der Waals surface area (Å²) in [5.74, 6) is 0.515. The number of nitrogens with one attached hydrogen (secondary N) is 1. The number of methoxy groups -OCH3 is 1. The average molecular weight is 459 g/mol. The van der Waals surface area contributed by atoms with Gasteiger partial charge in [0.1, 0.15) is 5.75 Å². The van der Waals surface area contributed by atoms with Crippen molar-refractivity contribution in [1.29, 1.82) is 0 Å². The molecule has 1 atom stereocenters. The van der Waals surface area contributed by atoms with Gasteiger partial charge in [-0.3, -0.25) is 4.79 Å². The predicted molar refractivity (Wildman–Crippen MR) is 126 cm³/mol. The fraction of sp³-hybridized carbons (Fsp3) is 0.480. The molecular weight excluding hydrogens is 424 g/mol. The molecule has 0 aliphatic carbocycles. The molecule has 0 bridgehead atoms. The molecule has 1 aliphatic rings. The molecule has 0 spiro atoms. The van der Waals surface area contributed by atoms with Crippen molar-refractivity contribution in [2.24, 2.45) is 5.92 Å². The number of rotatable bonds is 8. The van der Waals surface area contributed by atoms with Gasteiger partial charge in [-0.2, -0.15) is 0 Å². The molecule has 2 aromatic carbocycles. The molecule has 1 aliphatic heterocycles. The van der Waals surface area contributed by atoms with Crippen LogP contribution in [0.5, 0.6) is 5.75 Å². The minimum Gasteiger partial charge on any atom is -0.496 e. The van der Waals surface area contributed by atoms with E-state index < -0.39 is 10.0 Å². The highest BCUT2D eigenvalue weighted by Crippen LogP contribution is 2.28. The Morgan fingerprint density at radius 2 is 1.69 bits per heavy atom. The number of hydrogen-bond donors (Lipinski definition) is 1. The topological polar surface area (TPSA) is 75.7 Å². The first kappa shape index (κ1) is 24.3. The van der Waals surface area contributed by atoms with Gasteiger partial charge in [0.2, 0.25) is 10.0 Å². The molecular formula is C25H34N2O4S. The van der Waals surface area contributed by atoms with Crippen LogP contribution in [0, 0.1) is 5.92 Å². The molecule has 0 radical (unpaired) electrons. The van der Waals surface area contributed by atoms with Crippen LogP contribution in [0.1, 0.15) is 67.9 Å². The van der Waals surface area contributed by atoms with Crippen LogP contribution < -0.4 is 9.46 Å². The molecule has 7 heteroatoms. The molecule has 1 saturated heterocycles. The number of likely N-dealkylation sites (tertiary alicyclic amines) is 1. The molecule has 0 aromatic heterocycles. The lowest BCUT2D eigenvalue weighted by atomic mass is 9.98. The van der Waals surface area contributed by atoms with Gasteiger partial charge in [0.05, 0.1) is 17.6 Å². The van der Waals surface area contributed by atoms with Crippen molar-refractivity contribution in [3.8, 4) is 5.75 Å². The lowest BCUT2D eigenvalue weighted by Gasteiger charge is -2.23. The summed E-state index contributed by atoms with van der Waals surface area (Å²) < 4.78 is 34.9. The van der Waals surface area contributed by atoms with Gasteiger partial charge in [0.25, 0.3) is 5.91 Å². The molecule has 1 amide bonds. The first-order chi connectivity index (χ1) is 15.3. The second-order valence-corrected chi connectivity index (χ2v) is 10.5. The van der Waals surface area contributed by atoms with Gasteiger partial charge in [-0.25, -0.2) is 13.1 Å². The van der Waals surface area contributed by atoms with E-state index in [0.29, 0.717) is 31.2 Å². The highest BCUT2D eigenvalue weighted by molar-refractivity contribution is 7.89. The Kier molecular flexibility index (Phi) is 8.32. The van der Waals surface area contributed by atoms with Crippen molar-refractivity contribution in [3.63, 3.8) is 0 Å². The van der Waals surface area contributed by atoms with Gasteiger partial charge < -0.3 is 9.64 Å². The van der Waals surface area contributed by atoms with Gasteiger partial charge in [-0.05, 0) is 48.9 Å². The van der Waals surface area contributed by atoms with Crippen LogP contribution in [0.25, 0.3) is 0 Å². The fourth-order valence-electron chi connectivity index (χ4n) is 4.13. The summed E-state index contributed by atoms with van der Waals surface area (Å²) in [7, 11) is -2.35. The van der Waals surface area contributed by atoms with Crippen LogP contribution in [-0.2, 0) is 10.0 Å². The smallest absolute Gasteiger partial charge is 0.257 e. The first-order valence-electron chi connectivity index (χ1n) is 11.4. The summed E-state index contributed by atoms with van der Waals surface area (Å²) in [6.45, 7) is 5.49. The maximum absolute atomic E-state index is 13.3. The Hall–Kier alpha value is -2.38. The zero-order chi connectivity index (χ0) is 23.1. The molecule has 0 unspecified atom stereocenters. The standard InChI is InChI=1S/C25H34N2O4S/c1-19(2)17-23(20-11-7-6-8-12-20)26-32(29,30)21-13-14-24(31-3)22(18-21)25(28)27-15-9-4-5-10-16-27/h6-8,11-14,18-19,23,26H,4-5,9-10,15-17H2,1-3H3/t23-/m1/s1. The van der Waals surface area contributed by atoms with Crippen molar-refractivity contribution >= 4 is 15.9 Å². The van der Waals surface area contributed by atoms with E-state index >= 15 is 0 Å². The number of carbonyl (C=O) groups excluding carboxylic acids is 1. The third-order valence-electron chi connectivity index (χ3n) is 5.81. The quantitative estimate of drug-likeness (QED) is 0.618. The maximum Gasteiger partial charge on any atom is 0.257 e. The van der Waals surface area contributed by atoms with Gasteiger partial charge in [0.15, 0.2) is 0 Å². The minimum atomic E-state index is -3.85. The van der Waals surface area contributed by atoms with Gasteiger partial charge >= 0.3 is 0 Å². The molecule has 3 rings (SSSR count). The lowest BCUT2D eigenvalue weighted by molar-refractivity contribution is 0.0758. The van der Waals surface area contributed by atoms with Crippen molar-refractivity contribution < 1.29 is 17.9 Å². The van der Waals surface area contributed by atoms with E-state index in [4.69, 9.17) is 4.74 Å². The van der Waals surface area contributed by atoms with Crippen molar-refractivity contribution in [2.45, 2.75) is 56.9 Å². The number of carbonyl (C=O) groups is 1. The van der Waals surface area contributed by atoms with E-state index in [-0.39, 0.29) is 22.4 Å². The monoisotopic (exact) mass is 458 g/mol. The molecule has 2 aromatic rings. The number of nitrogens with zero attached hydrogens (tertiary/aromatic N) is 1. The second kappa shape index (κ2) is 11.0. The van der Waals surface area contributed by atoms with Crippen molar-refractivity contribution in [3.05, 3.63) is 59.7 Å². The molecule has 6 nitrogen and oxygen atoms in total. The number of hydrogen-bond acceptors (Lipinski definition) is 4. The van der Waals surface area contributed by atoms with E-state index in [0.717, 1.165) is 31.2 Å². The predicted octanol–water partition coefficient (Wildman–Crippen LogP) is 4.78. The van der Waals surface area contributed by atoms with Crippen LogP contribution in [0.2, 0.25) is 0 Å². The van der Waals surface area contributed by atoms with E-state index in [1.54, 1.807) is 11.0 Å². The van der Waals surface area contributed by atoms with E-state index in [2.05, 4.69) is 18.6 Å². The van der Waals surface area contributed by atoms with Crippen molar-refractivity contribution in [1.82, 2.24) is 9.62 Å². The summed E-state index contributed by atoms with van der Waals surface area (Å²) in [4.78, 5) is 15.1. The van der Waals surface area contributed by atoms with E-state index in [1.165, 1.54) is 19.2 Å². The lowest BCUT2D eigenvalue weighted by Crippen LogP contribution is -2.33. The summed E-state index contributed by atoms with van der Waals surface area (Å²) in [5, 5.41) is 0. The van der Waals surface area contributed by atoms with Gasteiger partial charge in [-0.1, -0.05) is 57.0 Å². The molecule has 32 heavy (non-hydrogen) atoms. The summed E-state index contributed by atoms with van der Waals surface area (Å²) in [5.41, 5.74) is 1.21. The van der Waals surface area contributed by atoms with Gasteiger partial charge in [0, 0.05) is 19.1 Å². The number of ether oxygens (including phenoxy) is 1. The molecule has 1 heterocycles. The minimum absolute atomic E-state index is 0.0705. The van der Waals surface area contributed by atoms with E-state index in [9.17, 15) is 13.2 Å². The largest absolute Gasteiger partial charge is 0.496 e. The third-order valence-corrected chi connectivity index (χ3v) is 7.28. The van der Waals surface area contributed by atoms with Gasteiger partial charge in [-0.15, -0.1) is 0 Å². The Labute approximate surface area is 192 Å². The molecule has 0 saturated carbocycles. The molecule has 174 valence electrons. The SMILES string of the molecule is COc1ccc(S(=O)(=O)N[C@H](CC(C)C)c2ccccc2)cc1C(=O)N1CCCCCC1. The highest BCUT2D eigenvalue weighted by atomic mass is 32.2. The molecule has 1 N–H and O–H groups in total. The van der Waals surface area contributed by atoms with Crippen LogP contribution in [0.4, 0.5) is 0 Å². The number of amides is 1. The Balaban J connectivity index is 1.91. The Morgan fingerprint density at radius 3 is 2.28 bits per heavy atom. The van der Waals surface area contributed by atoms with Crippen LogP contribution in [0.15, 0.2) is 53.4 Å².